The van der Waals surface area contributed by atoms with Gasteiger partial charge in [-0.25, -0.2) is 14.4 Å². The van der Waals surface area contributed by atoms with Gasteiger partial charge in [0.1, 0.15) is 6.33 Å². The fraction of sp³-hybridized carbons (Fsp3) is 0.375. The largest absolute Gasteiger partial charge is 0.358 e. The number of hydrogen-bond donors (Lipinski definition) is 2. The Morgan fingerprint density at radius 2 is 2.29 bits per heavy atom. The van der Waals surface area contributed by atoms with E-state index in [9.17, 15) is 9.18 Å². The Morgan fingerprint density at radius 3 is 2.93 bits per heavy atom. The molecular weight excluding hydrogens is 187 g/mol. The molecule has 1 aromatic rings. The first-order valence-electron chi connectivity index (χ1n) is 4.06. The van der Waals surface area contributed by atoms with Crippen LogP contribution in [0.3, 0.4) is 0 Å². The van der Waals surface area contributed by atoms with Gasteiger partial charge in [0, 0.05) is 7.05 Å². The van der Waals surface area contributed by atoms with E-state index < -0.39 is 5.82 Å². The number of carbonyl (C=O) groups is 1. The first-order chi connectivity index (χ1) is 6.65. The molecule has 0 atom stereocenters. The van der Waals surface area contributed by atoms with Crippen LogP contribution in [0.15, 0.2) is 6.33 Å². The molecule has 1 heterocycles. The van der Waals surface area contributed by atoms with Crippen LogP contribution in [0.4, 0.5) is 10.2 Å². The first-order valence-corrected chi connectivity index (χ1v) is 4.06. The maximum Gasteiger partial charge on any atom is 0.239 e. The van der Waals surface area contributed by atoms with Crippen molar-refractivity contribution in [2.45, 2.75) is 6.92 Å². The summed E-state index contributed by atoms with van der Waals surface area (Å²) in [5, 5.41) is 4.97. The Kier molecular flexibility index (Phi) is 3.33. The van der Waals surface area contributed by atoms with Crippen molar-refractivity contribution < 1.29 is 9.18 Å². The Labute approximate surface area is 80.8 Å². The van der Waals surface area contributed by atoms with Gasteiger partial charge >= 0.3 is 0 Å². The van der Waals surface area contributed by atoms with Crippen LogP contribution in [0.1, 0.15) is 5.69 Å². The molecule has 2 N–H and O–H groups in total. The number of likely N-dealkylation sites (N-methyl/N-ethyl adjacent to an activating group) is 1. The van der Waals surface area contributed by atoms with Crippen LogP contribution in [0.25, 0.3) is 0 Å². The quantitative estimate of drug-likeness (QED) is 0.722. The molecule has 0 spiro atoms. The molecular formula is C8H11FN4O. The highest BCUT2D eigenvalue weighted by atomic mass is 19.1. The average Bonchev–Trinajstić information content (AvgIpc) is 2.20. The van der Waals surface area contributed by atoms with Gasteiger partial charge < -0.3 is 10.6 Å². The minimum absolute atomic E-state index is 0.0100. The molecule has 0 aliphatic rings. The smallest absolute Gasteiger partial charge is 0.239 e. The van der Waals surface area contributed by atoms with E-state index in [-0.39, 0.29) is 24.0 Å². The van der Waals surface area contributed by atoms with Crippen LogP contribution in [-0.4, -0.2) is 29.5 Å². The van der Waals surface area contributed by atoms with Crippen LogP contribution >= 0.6 is 0 Å². The zero-order chi connectivity index (χ0) is 10.6. The molecule has 1 aromatic heterocycles. The van der Waals surface area contributed by atoms with E-state index in [4.69, 9.17) is 0 Å². The summed E-state index contributed by atoms with van der Waals surface area (Å²) in [5.74, 6) is -0.724. The Morgan fingerprint density at radius 1 is 1.57 bits per heavy atom. The van der Waals surface area contributed by atoms with Crippen LogP contribution in [0, 0.1) is 12.7 Å². The van der Waals surface area contributed by atoms with E-state index in [2.05, 4.69) is 20.6 Å². The number of amides is 1. The van der Waals surface area contributed by atoms with Crippen molar-refractivity contribution in [1.82, 2.24) is 15.3 Å². The van der Waals surface area contributed by atoms with E-state index in [0.29, 0.717) is 0 Å². The molecule has 0 fully saturated rings. The Hall–Kier alpha value is -1.72. The fourth-order valence-electron chi connectivity index (χ4n) is 0.834. The monoisotopic (exact) mass is 198 g/mol. The third kappa shape index (κ3) is 2.38. The standard InChI is InChI=1S/C8H11FN4O/c1-5-7(9)8(13-4-12-5)11-3-6(14)10-2/h4H,3H2,1-2H3,(H,10,14)(H,11,12,13). The van der Waals surface area contributed by atoms with Gasteiger partial charge in [0.2, 0.25) is 5.91 Å². The summed E-state index contributed by atoms with van der Waals surface area (Å²) in [6.45, 7) is 1.52. The van der Waals surface area contributed by atoms with Gasteiger partial charge in [-0.1, -0.05) is 0 Å². The summed E-state index contributed by atoms with van der Waals surface area (Å²) in [6, 6.07) is 0. The average molecular weight is 198 g/mol. The molecule has 76 valence electrons. The molecule has 5 nitrogen and oxygen atoms in total. The summed E-state index contributed by atoms with van der Waals surface area (Å²) in [4.78, 5) is 18.2. The number of aromatic nitrogens is 2. The number of rotatable bonds is 3. The second kappa shape index (κ2) is 4.50. The molecule has 0 aliphatic carbocycles. The number of carbonyl (C=O) groups excluding carboxylic acids is 1. The number of aryl methyl sites for hydroxylation is 1. The lowest BCUT2D eigenvalue weighted by molar-refractivity contribution is -0.118. The highest BCUT2D eigenvalue weighted by Gasteiger charge is 2.07. The normalized spacial score (nSPS) is 9.64. The Balaban J connectivity index is 2.68. The topological polar surface area (TPSA) is 66.9 Å². The van der Waals surface area contributed by atoms with Crippen LogP contribution in [0.5, 0.6) is 0 Å². The molecule has 0 bridgehead atoms. The lowest BCUT2D eigenvalue weighted by atomic mass is 10.4. The maximum absolute atomic E-state index is 13.2. The first kappa shape index (κ1) is 10.4. The van der Waals surface area contributed by atoms with E-state index in [1.54, 1.807) is 0 Å². The molecule has 1 rings (SSSR count). The lowest BCUT2D eigenvalue weighted by Crippen LogP contribution is -2.26. The number of anilines is 1. The fourth-order valence-corrected chi connectivity index (χ4v) is 0.834. The SMILES string of the molecule is CNC(=O)CNc1ncnc(C)c1F. The van der Waals surface area contributed by atoms with Gasteiger partial charge in [-0.15, -0.1) is 0 Å². The summed E-state index contributed by atoms with van der Waals surface area (Å²) >= 11 is 0. The van der Waals surface area contributed by atoms with Gasteiger partial charge in [0.25, 0.3) is 0 Å². The molecule has 0 radical (unpaired) electrons. The molecule has 0 aliphatic heterocycles. The number of nitrogens with zero attached hydrogens (tertiary/aromatic N) is 2. The van der Waals surface area contributed by atoms with Crippen molar-refractivity contribution in [3.63, 3.8) is 0 Å². The van der Waals surface area contributed by atoms with Gasteiger partial charge in [-0.3, -0.25) is 4.79 Å². The predicted octanol–water partition coefficient (Wildman–Crippen LogP) is 0.0820. The van der Waals surface area contributed by atoms with E-state index >= 15 is 0 Å². The second-order valence-electron chi connectivity index (χ2n) is 2.65. The second-order valence-corrected chi connectivity index (χ2v) is 2.65. The zero-order valence-corrected chi connectivity index (χ0v) is 7.97. The van der Waals surface area contributed by atoms with Crippen LogP contribution < -0.4 is 10.6 Å². The van der Waals surface area contributed by atoms with Gasteiger partial charge in [0.15, 0.2) is 11.6 Å². The van der Waals surface area contributed by atoms with Crippen molar-refractivity contribution in [1.29, 1.82) is 0 Å². The van der Waals surface area contributed by atoms with E-state index in [1.165, 1.54) is 20.3 Å². The molecule has 0 saturated heterocycles. The lowest BCUT2D eigenvalue weighted by Gasteiger charge is -2.05. The van der Waals surface area contributed by atoms with Crippen LogP contribution in [-0.2, 0) is 4.79 Å². The zero-order valence-electron chi connectivity index (χ0n) is 7.97. The number of hydrogen-bond acceptors (Lipinski definition) is 4. The van der Waals surface area contributed by atoms with E-state index in [0.717, 1.165) is 0 Å². The summed E-state index contributed by atoms with van der Waals surface area (Å²) in [6.07, 6.45) is 1.24. The maximum atomic E-state index is 13.2. The number of halogens is 1. The molecule has 14 heavy (non-hydrogen) atoms. The van der Waals surface area contributed by atoms with Gasteiger partial charge in [-0.2, -0.15) is 0 Å². The Bertz CT molecular complexity index is 342. The van der Waals surface area contributed by atoms with Crippen molar-refractivity contribution in [2.24, 2.45) is 0 Å². The third-order valence-corrected chi connectivity index (χ3v) is 1.66. The summed E-state index contributed by atoms with van der Waals surface area (Å²) < 4.78 is 13.2. The molecule has 1 amide bonds. The number of nitrogens with one attached hydrogen (secondary N) is 2. The predicted molar refractivity (Wildman–Crippen MR) is 49.3 cm³/mol. The molecule has 0 unspecified atom stereocenters. The highest BCUT2D eigenvalue weighted by molar-refractivity contribution is 5.80. The summed E-state index contributed by atoms with van der Waals surface area (Å²) in [7, 11) is 1.51. The van der Waals surface area contributed by atoms with Crippen molar-refractivity contribution in [2.75, 3.05) is 18.9 Å². The van der Waals surface area contributed by atoms with E-state index in [1.807, 2.05) is 0 Å². The van der Waals surface area contributed by atoms with Crippen molar-refractivity contribution >= 4 is 11.7 Å². The van der Waals surface area contributed by atoms with Crippen molar-refractivity contribution in [3.8, 4) is 0 Å². The minimum atomic E-state index is -0.531. The van der Waals surface area contributed by atoms with Gasteiger partial charge in [-0.05, 0) is 6.92 Å². The van der Waals surface area contributed by atoms with Gasteiger partial charge in [0.05, 0.1) is 12.2 Å². The highest BCUT2D eigenvalue weighted by Crippen LogP contribution is 2.10. The van der Waals surface area contributed by atoms with Crippen LogP contribution in [0.2, 0.25) is 0 Å². The van der Waals surface area contributed by atoms with Crippen molar-refractivity contribution in [3.05, 3.63) is 17.8 Å². The third-order valence-electron chi connectivity index (χ3n) is 1.66. The molecule has 0 aromatic carbocycles. The minimum Gasteiger partial charge on any atom is -0.358 e. The molecule has 0 saturated carbocycles. The molecule has 6 heteroatoms. The summed E-state index contributed by atoms with van der Waals surface area (Å²) in [5.41, 5.74) is 0.249.